The van der Waals surface area contributed by atoms with Gasteiger partial charge in [-0.1, -0.05) is 6.07 Å². The molecule has 2 heterocycles. The Morgan fingerprint density at radius 1 is 1.20 bits per heavy atom. The molecule has 0 unspecified atom stereocenters. The van der Waals surface area contributed by atoms with Gasteiger partial charge >= 0.3 is 0 Å². The molecular weight excluding hydrogens is 340 g/mol. The van der Waals surface area contributed by atoms with Gasteiger partial charge in [0.15, 0.2) is 11.5 Å². The van der Waals surface area contributed by atoms with Crippen LogP contribution in [0.4, 0.5) is 0 Å². The summed E-state index contributed by atoms with van der Waals surface area (Å²) in [5, 5.41) is 4.72. The molecular formula is C18H18N2O4S. The maximum absolute atomic E-state index is 12.5. The molecule has 4 rings (SSSR count). The van der Waals surface area contributed by atoms with Crippen LogP contribution in [0.3, 0.4) is 0 Å². The van der Waals surface area contributed by atoms with Crippen molar-refractivity contribution in [2.75, 3.05) is 13.3 Å². The van der Waals surface area contributed by atoms with Crippen LogP contribution in [0.1, 0.15) is 28.1 Å². The monoisotopic (exact) mass is 358 g/mol. The number of rotatable bonds is 6. The Morgan fingerprint density at radius 3 is 2.80 bits per heavy atom. The third-order valence-electron chi connectivity index (χ3n) is 4.25. The number of hydrogen-bond acceptors (Lipinski definition) is 5. The molecule has 1 aliphatic carbocycles. The minimum Gasteiger partial charge on any atom is -0.454 e. The Bertz CT molecular complexity index is 786. The molecule has 1 saturated carbocycles. The minimum absolute atomic E-state index is 0.00481. The zero-order valence-corrected chi connectivity index (χ0v) is 14.4. The van der Waals surface area contributed by atoms with E-state index < -0.39 is 0 Å². The molecule has 1 fully saturated rings. The topological polar surface area (TPSA) is 67.9 Å². The summed E-state index contributed by atoms with van der Waals surface area (Å²) >= 11 is 1.64. The lowest BCUT2D eigenvalue weighted by atomic mass is 10.2. The van der Waals surface area contributed by atoms with Crippen molar-refractivity contribution in [3.63, 3.8) is 0 Å². The average Bonchev–Trinajstić information content (AvgIpc) is 3.13. The smallest absolute Gasteiger partial charge is 0.251 e. The Kier molecular flexibility index (Phi) is 4.31. The number of nitrogens with zero attached hydrogens (tertiary/aromatic N) is 1. The maximum atomic E-state index is 12.5. The zero-order chi connectivity index (χ0) is 17.2. The van der Waals surface area contributed by atoms with Crippen LogP contribution in [0, 0.1) is 0 Å². The van der Waals surface area contributed by atoms with Gasteiger partial charge < -0.3 is 19.7 Å². The van der Waals surface area contributed by atoms with E-state index in [4.69, 9.17) is 9.47 Å². The van der Waals surface area contributed by atoms with Crippen molar-refractivity contribution in [1.82, 2.24) is 10.2 Å². The molecule has 6 nitrogen and oxygen atoms in total. The Morgan fingerprint density at radius 2 is 2.04 bits per heavy atom. The molecule has 25 heavy (non-hydrogen) atoms. The summed E-state index contributed by atoms with van der Waals surface area (Å²) in [6, 6.07) is 9.31. The van der Waals surface area contributed by atoms with Gasteiger partial charge in [0.25, 0.3) is 5.91 Å². The number of ether oxygens (including phenoxy) is 2. The quantitative estimate of drug-likeness (QED) is 0.861. The first-order valence-corrected chi connectivity index (χ1v) is 9.08. The number of amides is 2. The molecule has 2 aliphatic rings. The van der Waals surface area contributed by atoms with Crippen molar-refractivity contribution >= 4 is 23.2 Å². The van der Waals surface area contributed by atoms with E-state index in [2.05, 4.69) is 5.32 Å². The second-order valence-corrected chi connectivity index (χ2v) is 7.12. The van der Waals surface area contributed by atoms with Crippen LogP contribution < -0.4 is 14.8 Å². The van der Waals surface area contributed by atoms with Crippen molar-refractivity contribution in [1.29, 1.82) is 0 Å². The van der Waals surface area contributed by atoms with Crippen molar-refractivity contribution in [2.24, 2.45) is 0 Å². The lowest BCUT2D eigenvalue weighted by molar-refractivity contribution is -0.131. The fourth-order valence-electron chi connectivity index (χ4n) is 2.77. The van der Waals surface area contributed by atoms with Crippen LogP contribution in [-0.4, -0.2) is 36.1 Å². The molecule has 130 valence electrons. The molecule has 2 amide bonds. The van der Waals surface area contributed by atoms with Crippen LogP contribution in [-0.2, 0) is 11.3 Å². The van der Waals surface area contributed by atoms with Gasteiger partial charge in [-0.3, -0.25) is 9.59 Å². The average molecular weight is 358 g/mol. The van der Waals surface area contributed by atoms with E-state index in [0.717, 1.165) is 17.7 Å². The Balaban J connectivity index is 1.36. The highest BCUT2D eigenvalue weighted by Crippen LogP contribution is 2.32. The van der Waals surface area contributed by atoms with E-state index in [1.165, 1.54) is 0 Å². The van der Waals surface area contributed by atoms with Crippen LogP contribution in [0.5, 0.6) is 11.5 Å². The van der Waals surface area contributed by atoms with Gasteiger partial charge in [-0.25, -0.2) is 0 Å². The number of fused-ring (bicyclic) bond motifs is 1. The molecule has 1 N–H and O–H groups in total. The third kappa shape index (κ3) is 3.61. The molecule has 0 radical (unpaired) electrons. The van der Waals surface area contributed by atoms with Crippen LogP contribution in [0.2, 0.25) is 0 Å². The van der Waals surface area contributed by atoms with Crippen molar-refractivity contribution in [2.45, 2.75) is 25.4 Å². The standard InChI is InChI=1S/C18H18N2O4S/c21-17(20(13-4-5-13)10-14-2-1-7-25-14)9-19-18(22)12-3-6-15-16(8-12)24-11-23-15/h1-3,6-8,13H,4-5,9-11H2,(H,19,22). The molecule has 1 aromatic carbocycles. The summed E-state index contributed by atoms with van der Waals surface area (Å²) < 4.78 is 10.5. The second-order valence-electron chi connectivity index (χ2n) is 6.08. The van der Waals surface area contributed by atoms with Crippen molar-refractivity contribution in [3.05, 3.63) is 46.2 Å². The highest BCUT2D eigenvalue weighted by molar-refractivity contribution is 7.09. The first kappa shape index (κ1) is 16.0. The van der Waals surface area contributed by atoms with E-state index >= 15 is 0 Å². The number of hydrogen-bond donors (Lipinski definition) is 1. The van der Waals surface area contributed by atoms with Gasteiger partial charge in [0, 0.05) is 16.5 Å². The van der Waals surface area contributed by atoms with Gasteiger partial charge in [-0.15, -0.1) is 11.3 Å². The largest absolute Gasteiger partial charge is 0.454 e. The molecule has 2 aromatic rings. The Hall–Kier alpha value is -2.54. The van der Waals surface area contributed by atoms with Gasteiger partial charge in [-0.2, -0.15) is 0 Å². The normalized spacial score (nSPS) is 15.0. The van der Waals surface area contributed by atoms with Gasteiger partial charge in [0.2, 0.25) is 12.7 Å². The molecule has 1 aliphatic heterocycles. The first-order chi connectivity index (χ1) is 12.2. The van der Waals surface area contributed by atoms with Gasteiger partial charge in [-0.05, 0) is 42.5 Å². The van der Waals surface area contributed by atoms with E-state index in [0.29, 0.717) is 29.6 Å². The maximum Gasteiger partial charge on any atom is 0.251 e. The van der Waals surface area contributed by atoms with E-state index in [9.17, 15) is 9.59 Å². The first-order valence-electron chi connectivity index (χ1n) is 8.20. The summed E-state index contributed by atoms with van der Waals surface area (Å²) in [7, 11) is 0. The van der Waals surface area contributed by atoms with Crippen molar-refractivity contribution < 1.29 is 19.1 Å². The van der Waals surface area contributed by atoms with Gasteiger partial charge in [0.05, 0.1) is 13.1 Å². The third-order valence-corrected chi connectivity index (χ3v) is 5.11. The predicted octanol–water partition coefficient (Wildman–Crippen LogP) is 2.40. The Labute approximate surface area is 149 Å². The number of carbonyl (C=O) groups is 2. The summed E-state index contributed by atoms with van der Waals surface area (Å²) in [5.74, 6) is 0.836. The zero-order valence-electron chi connectivity index (χ0n) is 13.6. The van der Waals surface area contributed by atoms with Crippen LogP contribution in [0.25, 0.3) is 0 Å². The number of benzene rings is 1. The molecule has 0 atom stereocenters. The van der Waals surface area contributed by atoms with E-state index in [-0.39, 0.29) is 25.2 Å². The minimum atomic E-state index is -0.293. The summed E-state index contributed by atoms with van der Waals surface area (Å²) in [6.07, 6.45) is 2.07. The van der Waals surface area contributed by atoms with Crippen LogP contribution in [0.15, 0.2) is 35.7 Å². The fourth-order valence-corrected chi connectivity index (χ4v) is 3.48. The lowest BCUT2D eigenvalue weighted by Crippen LogP contribution is -2.40. The number of nitrogens with one attached hydrogen (secondary N) is 1. The molecule has 0 saturated heterocycles. The SMILES string of the molecule is O=C(NCC(=O)N(Cc1cccs1)C1CC1)c1ccc2c(c1)OCO2. The summed E-state index contributed by atoms with van der Waals surface area (Å²) in [4.78, 5) is 27.9. The summed E-state index contributed by atoms with van der Waals surface area (Å²) in [6.45, 7) is 0.772. The highest BCUT2D eigenvalue weighted by Gasteiger charge is 2.32. The predicted molar refractivity (Wildman–Crippen MR) is 92.8 cm³/mol. The van der Waals surface area contributed by atoms with E-state index in [1.807, 2.05) is 22.4 Å². The lowest BCUT2D eigenvalue weighted by Gasteiger charge is -2.22. The molecule has 0 spiro atoms. The van der Waals surface area contributed by atoms with Crippen LogP contribution >= 0.6 is 11.3 Å². The number of thiophene rings is 1. The fraction of sp³-hybridized carbons (Fsp3) is 0.333. The molecule has 1 aromatic heterocycles. The highest BCUT2D eigenvalue weighted by atomic mass is 32.1. The second kappa shape index (κ2) is 6.76. The van der Waals surface area contributed by atoms with Crippen molar-refractivity contribution in [3.8, 4) is 11.5 Å². The molecule has 7 heteroatoms. The van der Waals surface area contributed by atoms with Gasteiger partial charge in [0.1, 0.15) is 0 Å². The number of carbonyl (C=O) groups excluding carboxylic acids is 2. The summed E-state index contributed by atoms with van der Waals surface area (Å²) in [5.41, 5.74) is 0.452. The molecule has 0 bridgehead atoms. The van der Waals surface area contributed by atoms with E-state index in [1.54, 1.807) is 29.5 Å².